The highest BCUT2D eigenvalue weighted by molar-refractivity contribution is 7.99. The molecule has 1 N–H and O–H groups in total. The van der Waals surface area contributed by atoms with Gasteiger partial charge in [0.25, 0.3) is 5.91 Å². The molecule has 0 bridgehead atoms. The molecule has 0 saturated carbocycles. The van der Waals surface area contributed by atoms with Gasteiger partial charge in [-0.3, -0.25) is 9.59 Å². The maximum atomic E-state index is 13.2. The van der Waals surface area contributed by atoms with Crippen LogP contribution >= 0.6 is 11.8 Å². The van der Waals surface area contributed by atoms with Crippen molar-refractivity contribution in [2.75, 3.05) is 18.4 Å². The molecule has 0 atom stereocenters. The number of pyridine rings is 1. The summed E-state index contributed by atoms with van der Waals surface area (Å²) in [5, 5.41) is 3.68. The van der Waals surface area contributed by atoms with E-state index in [-0.39, 0.29) is 17.7 Å². The lowest BCUT2D eigenvalue weighted by atomic mass is 9.95. The number of amides is 2. The van der Waals surface area contributed by atoms with Gasteiger partial charge in [0.15, 0.2) is 0 Å². The first-order chi connectivity index (χ1) is 15.1. The van der Waals surface area contributed by atoms with E-state index in [0.717, 1.165) is 10.6 Å². The lowest BCUT2D eigenvalue weighted by molar-refractivity contribution is -0.121. The van der Waals surface area contributed by atoms with Crippen LogP contribution in [0.2, 0.25) is 0 Å². The number of piperidine rings is 1. The fraction of sp³-hybridized carbons (Fsp3) is 0.240. The maximum Gasteiger partial charge on any atom is 0.256 e. The van der Waals surface area contributed by atoms with Crippen LogP contribution in [0.25, 0.3) is 0 Å². The average Bonchev–Trinajstić information content (AvgIpc) is 2.81. The third kappa shape index (κ3) is 5.33. The summed E-state index contributed by atoms with van der Waals surface area (Å²) in [6, 6.07) is 21.3. The molecule has 1 aromatic heterocycles. The summed E-state index contributed by atoms with van der Waals surface area (Å²) in [6.07, 6.45) is 3.03. The van der Waals surface area contributed by atoms with Gasteiger partial charge in [0.05, 0.1) is 5.56 Å². The molecule has 1 aliphatic heterocycles. The van der Waals surface area contributed by atoms with Gasteiger partial charge in [-0.15, -0.1) is 0 Å². The van der Waals surface area contributed by atoms with Crippen LogP contribution < -0.4 is 5.32 Å². The van der Waals surface area contributed by atoms with Gasteiger partial charge >= 0.3 is 0 Å². The minimum absolute atomic E-state index is 0.0234. The zero-order valence-corrected chi connectivity index (χ0v) is 18.3. The van der Waals surface area contributed by atoms with Crippen molar-refractivity contribution in [2.45, 2.75) is 29.7 Å². The van der Waals surface area contributed by atoms with E-state index in [0.29, 0.717) is 36.5 Å². The normalized spacial score (nSPS) is 14.3. The molecule has 3 aromatic rings. The number of carbonyl (C=O) groups is 2. The Kier molecular flexibility index (Phi) is 6.67. The summed E-state index contributed by atoms with van der Waals surface area (Å²) in [7, 11) is 0. The predicted molar refractivity (Wildman–Crippen MR) is 123 cm³/mol. The molecular formula is C25H25N3O2S. The van der Waals surface area contributed by atoms with Crippen LogP contribution in [0.1, 0.15) is 28.8 Å². The summed E-state index contributed by atoms with van der Waals surface area (Å²) in [6.45, 7) is 3.18. The Balaban J connectivity index is 1.38. The molecule has 6 heteroatoms. The molecule has 2 aromatic carbocycles. The Labute approximate surface area is 186 Å². The largest absolute Gasteiger partial charge is 0.339 e. The highest BCUT2D eigenvalue weighted by atomic mass is 32.2. The lowest BCUT2D eigenvalue weighted by Crippen LogP contribution is -2.41. The quantitative estimate of drug-likeness (QED) is 0.615. The van der Waals surface area contributed by atoms with Crippen LogP contribution in [0.4, 0.5) is 5.69 Å². The van der Waals surface area contributed by atoms with E-state index in [4.69, 9.17) is 0 Å². The van der Waals surface area contributed by atoms with E-state index in [1.807, 2.05) is 60.4 Å². The van der Waals surface area contributed by atoms with Gasteiger partial charge in [0.2, 0.25) is 5.91 Å². The zero-order valence-electron chi connectivity index (χ0n) is 17.5. The molecule has 5 nitrogen and oxygen atoms in total. The minimum atomic E-state index is -0.0837. The predicted octanol–water partition coefficient (Wildman–Crippen LogP) is 5.03. The van der Waals surface area contributed by atoms with Gasteiger partial charge in [0.1, 0.15) is 5.03 Å². The van der Waals surface area contributed by atoms with Gasteiger partial charge < -0.3 is 10.2 Å². The first-order valence-electron chi connectivity index (χ1n) is 10.4. The van der Waals surface area contributed by atoms with Crippen LogP contribution in [0.3, 0.4) is 0 Å². The fourth-order valence-electron chi connectivity index (χ4n) is 3.63. The lowest BCUT2D eigenvalue weighted by Gasteiger charge is -2.31. The van der Waals surface area contributed by atoms with Crippen LogP contribution in [-0.4, -0.2) is 34.8 Å². The van der Waals surface area contributed by atoms with E-state index in [9.17, 15) is 9.59 Å². The molecule has 1 aliphatic rings. The summed E-state index contributed by atoms with van der Waals surface area (Å²) >= 11 is 1.50. The zero-order chi connectivity index (χ0) is 21.6. The van der Waals surface area contributed by atoms with Gasteiger partial charge in [-0.1, -0.05) is 47.7 Å². The number of likely N-dealkylation sites (tertiary alicyclic amines) is 1. The summed E-state index contributed by atoms with van der Waals surface area (Å²) in [5.41, 5.74) is 2.61. The van der Waals surface area contributed by atoms with E-state index in [1.165, 1.54) is 17.3 Å². The molecule has 0 aliphatic carbocycles. The average molecular weight is 432 g/mol. The van der Waals surface area contributed by atoms with Crippen molar-refractivity contribution >= 4 is 29.3 Å². The van der Waals surface area contributed by atoms with Gasteiger partial charge in [-0.25, -0.2) is 4.98 Å². The number of benzene rings is 2. The van der Waals surface area contributed by atoms with Crippen molar-refractivity contribution in [1.29, 1.82) is 0 Å². The number of para-hydroxylation sites is 1. The topological polar surface area (TPSA) is 62.3 Å². The third-order valence-corrected chi connectivity index (χ3v) is 6.46. The Morgan fingerprint density at radius 3 is 2.39 bits per heavy atom. The molecule has 158 valence electrons. The summed E-state index contributed by atoms with van der Waals surface area (Å²) in [5.74, 6) is -0.0838. The highest BCUT2D eigenvalue weighted by Gasteiger charge is 2.29. The molecule has 2 heterocycles. The van der Waals surface area contributed by atoms with E-state index >= 15 is 0 Å². The number of aromatic nitrogens is 1. The molecule has 0 spiro atoms. The number of aryl methyl sites for hydroxylation is 1. The number of rotatable bonds is 5. The van der Waals surface area contributed by atoms with E-state index in [1.54, 1.807) is 12.3 Å². The summed E-state index contributed by atoms with van der Waals surface area (Å²) < 4.78 is 0. The van der Waals surface area contributed by atoms with Crippen LogP contribution in [0.5, 0.6) is 0 Å². The van der Waals surface area contributed by atoms with Crippen molar-refractivity contribution in [3.8, 4) is 0 Å². The smallest absolute Gasteiger partial charge is 0.256 e. The molecule has 2 amide bonds. The second-order valence-electron chi connectivity index (χ2n) is 7.69. The van der Waals surface area contributed by atoms with Crippen molar-refractivity contribution in [1.82, 2.24) is 9.88 Å². The molecular weight excluding hydrogens is 406 g/mol. The third-order valence-electron chi connectivity index (χ3n) is 5.43. The Bertz CT molecular complexity index is 1050. The molecule has 1 saturated heterocycles. The van der Waals surface area contributed by atoms with Crippen molar-refractivity contribution in [3.05, 3.63) is 84.1 Å². The van der Waals surface area contributed by atoms with Crippen LogP contribution in [-0.2, 0) is 4.79 Å². The van der Waals surface area contributed by atoms with Crippen molar-refractivity contribution in [3.63, 3.8) is 0 Å². The first kappa shape index (κ1) is 21.1. The summed E-state index contributed by atoms with van der Waals surface area (Å²) in [4.78, 5) is 33.1. The first-order valence-corrected chi connectivity index (χ1v) is 11.3. The SMILES string of the molecule is Cc1ccc(Sc2ncccc2C(=O)N2CCC(C(=O)Nc3ccccc3)CC2)cc1. The number of nitrogens with one attached hydrogen (secondary N) is 1. The highest BCUT2D eigenvalue weighted by Crippen LogP contribution is 2.30. The van der Waals surface area contributed by atoms with Crippen LogP contribution in [0, 0.1) is 12.8 Å². The molecule has 0 unspecified atom stereocenters. The van der Waals surface area contributed by atoms with Gasteiger partial charge in [-0.05, 0) is 56.2 Å². The van der Waals surface area contributed by atoms with Gasteiger partial charge in [0, 0.05) is 35.8 Å². The fourth-order valence-corrected chi connectivity index (χ4v) is 4.51. The second-order valence-corrected chi connectivity index (χ2v) is 8.76. The number of hydrogen-bond acceptors (Lipinski definition) is 4. The number of carbonyl (C=O) groups excluding carboxylic acids is 2. The molecule has 31 heavy (non-hydrogen) atoms. The standard InChI is InChI=1S/C25H25N3O2S/c1-18-9-11-21(12-10-18)31-24-22(8-5-15-26-24)25(30)28-16-13-19(14-17-28)23(29)27-20-6-3-2-4-7-20/h2-12,15,19H,13-14,16-17H2,1H3,(H,27,29). The maximum absolute atomic E-state index is 13.2. The number of nitrogens with zero attached hydrogens (tertiary/aromatic N) is 2. The van der Waals surface area contributed by atoms with E-state index < -0.39 is 0 Å². The Morgan fingerprint density at radius 1 is 0.968 bits per heavy atom. The van der Waals surface area contributed by atoms with Crippen molar-refractivity contribution in [2.24, 2.45) is 5.92 Å². The Morgan fingerprint density at radius 2 is 1.68 bits per heavy atom. The van der Waals surface area contributed by atoms with Gasteiger partial charge in [-0.2, -0.15) is 0 Å². The minimum Gasteiger partial charge on any atom is -0.339 e. The molecule has 1 fully saturated rings. The Hall–Kier alpha value is -3.12. The molecule has 4 rings (SSSR count). The number of hydrogen-bond donors (Lipinski definition) is 1. The van der Waals surface area contributed by atoms with E-state index in [2.05, 4.69) is 22.4 Å². The second kappa shape index (κ2) is 9.79. The van der Waals surface area contributed by atoms with Crippen LogP contribution in [0.15, 0.2) is 82.8 Å². The van der Waals surface area contributed by atoms with Crippen molar-refractivity contribution < 1.29 is 9.59 Å². The number of anilines is 1. The molecule has 0 radical (unpaired) electrons. The monoisotopic (exact) mass is 431 g/mol.